The maximum Gasteiger partial charge on any atom is 0.223 e. The number of hydrogen-bond acceptors (Lipinski definition) is 3. The lowest BCUT2D eigenvalue weighted by atomic mass is 9.95. The average molecular weight is 231 g/mol. The van der Waals surface area contributed by atoms with Gasteiger partial charge in [0.2, 0.25) is 5.91 Å². The molecule has 0 unspecified atom stereocenters. The van der Waals surface area contributed by atoms with Crippen LogP contribution in [0.4, 0.5) is 0 Å². The smallest absolute Gasteiger partial charge is 0.223 e. The zero-order valence-corrected chi connectivity index (χ0v) is 10.0. The molecule has 1 amide bonds. The molecule has 3 rings (SSSR count). The summed E-state index contributed by atoms with van der Waals surface area (Å²) in [5.41, 5.74) is 2.29. The third-order valence-electron chi connectivity index (χ3n) is 3.86. The van der Waals surface area contributed by atoms with Crippen molar-refractivity contribution in [2.45, 2.75) is 31.8 Å². The first-order chi connectivity index (χ1) is 8.27. The highest BCUT2D eigenvalue weighted by Gasteiger charge is 2.39. The Hall–Kier alpha value is -1.42. The SMILES string of the molecule is Cc1ncccc1[C@@H]1NCCN2C(=O)CC[C@@H]12. The number of carbonyl (C=O) groups excluding carboxylic acids is 1. The zero-order valence-electron chi connectivity index (χ0n) is 10.0. The first-order valence-corrected chi connectivity index (χ1v) is 6.22. The van der Waals surface area contributed by atoms with E-state index in [0.717, 1.165) is 25.2 Å². The Morgan fingerprint density at radius 2 is 2.41 bits per heavy atom. The molecular weight excluding hydrogens is 214 g/mol. The van der Waals surface area contributed by atoms with Crippen molar-refractivity contribution in [1.82, 2.24) is 15.2 Å². The molecule has 0 bridgehead atoms. The molecule has 0 aliphatic carbocycles. The molecule has 2 saturated heterocycles. The number of nitrogens with zero attached hydrogens (tertiary/aromatic N) is 2. The van der Waals surface area contributed by atoms with Crippen LogP contribution in [0, 0.1) is 6.92 Å². The van der Waals surface area contributed by atoms with Gasteiger partial charge in [0.1, 0.15) is 0 Å². The summed E-state index contributed by atoms with van der Waals surface area (Å²) >= 11 is 0. The number of fused-ring (bicyclic) bond motifs is 1. The number of aryl methyl sites for hydroxylation is 1. The predicted octanol–water partition coefficient (Wildman–Crippen LogP) is 1.03. The highest BCUT2D eigenvalue weighted by Crippen LogP contribution is 2.32. The fraction of sp³-hybridized carbons (Fsp3) is 0.538. The minimum Gasteiger partial charge on any atom is -0.337 e. The van der Waals surface area contributed by atoms with Gasteiger partial charge in [0.05, 0.1) is 12.1 Å². The maximum absolute atomic E-state index is 11.8. The number of amides is 1. The van der Waals surface area contributed by atoms with Crippen LogP contribution in [-0.2, 0) is 4.79 Å². The van der Waals surface area contributed by atoms with Crippen molar-refractivity contribution in [2.24, 2.45) is 0 Å². The van der Waals surface area contributed by atoms with Crippen molar-refractivity contribution in [3.8, 4) is 0 Å². The molecule has 2 atom stereocenters. The maximum atomic E-state index is 11.8. The Kier molecular flexibility index (Phi) is 2.59. The van der Waals surface area contributed by atoms with Crippen LogP contribution in [0.15, 0.2) is 18.3 Å². The summed E-state index contributed by atoms with van der Waals surface area (Å²) in [5, 5.41) is 3.53. The number of hydrogen-bond donors (Lipinski definition) is 1. The van der Waals surface area contributed by atoms with E-state index in [1.54, 1.807) is 0 Å². The summed E-state index contributed by atoms with van der Waals surface area (Å²) in [7, 11) is 0. The first kappa shape index (κ1) is 10.7. The molecule has 2 fully saturated rings. The summed E-state index contributed by atoms with van der Waals surface area (Å²) in [4.78, 5) is 18.1. The lowest BCUT2D eigenvalue weighted by Crippen LogP contribution is -2.51. The Morgan fingerprint density at radius 1 is 1.53 bits per heavy atom. The van der Waals surface area contributed by atoms with Crippen LogP contribution in [0.5, 0.6) is 0 Å². The van der Waals surface area contributed by atoms with E-state index in [-0.39, 0.29) is 6.04 Å². The van der Waals surface area contributed by atoms with E-state index in [1.165, 1.54) is 5.56 Å². The molecule has 1 N–H and O–H groups in total. The lowest BCUT2D eigenvalue weighted by molar-refractivity contribution is -0.130. The number of nitrogens with one attached hydrogen (secondary N) is 1. The van der Waals surface area contributed by atoms with Gasteiger partial charge < -0.3 is 10.2 Å². The Balaban J connectivity index is 1.93. The highest BCUT2D eigenvalue weighted by atomic mass is 16.2. The van der Waals surface area contributed by atoms with Gasteiger partial charge in [-0.3, -0.25) is 9.78 Å². The molecule has 4 heteroatoms. The van der Waals surface area contributed by atoms with Crippen molar-refractivity contribution < 1.29 is 4.79 Å². The molecular formula is C13H17N3O. The van der Waals surface area contributed by atoms with E-state index < -0.39 is 0 Å². The van der Waals surface area contributed by atoms with Gasteiger partial charge in [0.15, 0.2) is 0 Å². The van der Waals surface area contributed by atoms with Crippen LogP contribution in [0.2, 0.25) is 0 Å². The Morgan fingerprint density at radius 3 is 3.24 bits per heavy atom. The van der Waals surface area contributed by atoms with E-state index in [1.807, 2.05) is 24.1 Å². The fourth-order valence-electron chi connectivity index (χ4n) is 3.01. The Labute approximate surface area is 101 Å². The number of rotatable bonds is 1. The average Bonchev–Trinajstić information content (AvgIpc) is 2.72. The summed E-state index contributed by atoms with van der Waals surface area (Å²) in [6, 6.07) is 4.66. The third kappa shape index (κ3) is 1.72. The van der Waals surface area contributed by atoms with Gasteiger partial charge in [-0.2, -0.15) is 0 Å². The molecule has 4 nitrogen and oxygen atoms in total. The summed E-state index contributed by atoms with van der Waals surface area (Å²) in [6.45, 7) is 3.76. The molecule has 0 saturated carbocycles. The number of aromatic nitrogens is 1. The van der Waals surface area contributed by atoms with Crippen LogP contribution in [-0.4, -0.2) is 34.9 Å². The quantitative estimate of drug-likeness (QED) is 0.785. The van der Waals surface area contributed by atoms with Crippen molar-refractivity contribution in [2.75, 3.05) is 13.1 Å². The highest BCUT2D eigenvalue weighted by molar-refractivity contribution is 5.79. The van der Waals surface area contributed by atoms with Gasteiger partial charge in [0, 0.05) is 31.4 Å². The molecule has 1 aromatic heterocycles. The molecule has 17 heavy (non-hydrogen) atoms. The monoisotopic (exact) mass is 231 g/mol. The largest absolute Gasteiger partial charge is 0.337 e. The second kappa shape index (κ2) is 4.11. The lowest BCUT2D eigenvalue weighted by Gasteiger charge is -2.38. The van der Waals surface area contributed by atoms with Crippen molar-refractivity contribution in [1.29, 1.82) is 0 Å². The fourth-order valence-corrected chi connectivity index (χ4v) is 3.01. The molecule has 1 aromatic rings. The molecule has 0 spiro atoms. The topological polar surface area (TPSA) is 45.2 Å². The molecule has 2 aliphatic rings. The van der Waals surface area contributed by atoms with E-state index in [9.17, 15) is 4.79 Å². The number of piperazine rings is 1. The van der Waals surface area contributed by atoms with Crippen molar-refractivity contribution in [3.63, 3.8) is 0 Å². The minimum atomic E-state index is 0.254. The van der Waals surface area contributed by atoms with Gasteiger partial charge in [-0.15, -0.1) is 0 Å². The Bertz CT molecular complexity index is 446. The van der Waals surface area contributed by atoms with Gasteiger partial charge in [0.25, 0.3) is 0 Å². The van der Waals surface area contributed by atoms with Gasteiger partial charge in [-0.25, -0.2) is 0 Å². The second-order valence-electron chi connectivity index (χ2n) is 4.80. The van der Waals surface area contributed by atoms with Crippen LogP contribution in [0.1, 0.15) is 30.1 Å². The first-order valence-electron chi connectivity index (χ1n) is 6.22. The van der Waals surface area contributed by atoms with Gasteiger partial charge >= 0.3 is 0 Å². The minimum absolute atomic E-state index is 0.254. The van der Waals surface area contributed by atoms with E-state index >= 15 is 0 Å². The third-order valence-corrected chi connectivity index (χ3v) is 3.86. The van der Waals surface area contributed by atoms with Gasteiger partial charge in [-0.05, 0) is 25.0 Å². The van der Waals surface area contributed by atoms with E-state index in [4.69, 9.17) is 0 Å². The molecule has 0 radical (unpaired) electrons. The van der Waals surface area contributed by atoms with Crippen LogP contribution in [0.3, 0.4) is 0 Å². The van der Waals surface area contributed by atoms with Crippen LogP contribution < -0.4 is 5.32 Å². The van der Waals surface area contributed by atoms with Crippen molar-refractivity contribution >= 4 is 5.91 Å². The predicted molar refractivity (Wildman–Crippen MR) is 64.5 cm³/mol. The van der Waals surface area contributed by atoms with Crippen LogP contribution in [0.25, 0.3) is 0 Å². The van der Waals surface area contributed by atoms with Crippen LogP contribution >= 0.6 is 0 Å². The number of carbonyl (C=O) groups is 1. The molecule has 3 heterocycles. The zero-order chi connectivity index (χ0) is 11.8. The summed E-state index contributed by atoms with van der Waals surface area (Å²) in [6.07, 6.45) is 3.48. The van der Waals surface area contributed by atoms with Crippen molar-refractivity contribution in [3.05, 3.63) is 29.6 Å². The normalized spacial score (nSPS) is 28.3. The molecule has 2 aliphatic heterocycles. The van der Waals surface area contributed by atoms with Gasteiger partial charge in [-0.1, -0.05) is 6.07 Å². The second-order valence-corrected chi connectivity index (χ2v) is 4.80. The summed E-state index contributed by atoms with van der Waals surface area (Å²) < 4.78 is 0. The molecule has 0 aromatic carbocycles. The van der Waals surface area contributed by atoms with E-state index in [2.05, 4.69) is 16.4 Å². The summed E-state index contributed by atoms with van der Waals surface area (Å²) in [5.74, 6) is 0.308. The molecule has 90 valence electrons. The van der Waals surface area contributed by atoms with E-state index in [0.29, 0.717) is 18.4 Å². The standard InChI is InChI=1S/C13H17N3O/c1-9-10(3-2-6-14-9)13-11-4-5-12(17)16(11)8-7-15-13/h2-3,6,11,13,15H,4-5,7-8H2,1H3/t11-,13-/m0/s1. The number of pyridine rings is 1.